The summed E-state index contributed by atoms with van der Waals surface area (Å²) in [5.41, 5.74) is 1.22. The van der Waals surface area contributed by atoms with E-state index in [0.717, 1.165) is 12.8 Å². The van der Waals surface area contributed by atoms with Crippen molar-refractivity contribution in [3.05, 3.63) is 47.2 Å². The Balaban J connectivity index is 1.66. The Morgan fingerprint density at radius 1 is 1.15 bits per heavy atom. The number of amides is 1. The van der Waals surface area contributed by atoms with Gasteiger partial charge in [0.25, 0.3) is 5.91 Å². The third-order valence-corrected chi connectivity index (χ3v) is 8.43. The Kier molecular flexibility index (Phi) is 6.53. The van der Waals surface area contributed by atoms with Gasteiger partial charge >= 0.3 is 0 Å². The van der Waals surface area contributed by atoms with Crippen molar-refractivity contribution < 1.29 is 17.6 Å². The first kappa shape index (κ1) is 24.4. The highest BCUT2D eigenvalue weighted by Gasteiger charge is 2.38. The molecule has 0 bridgehead atoms. The van der Waals surface area contributed by atoms with Crippen molar-refractivity contribution in [3.63, 3.8) is 0 Å². The SMILES string of the molecule is [C-]#[N+]C(C)(C)C1CCN(c2c(C(=O)N3CCN(S(C)(=O)=O)CC3)cnc3ccc(F)cc23)CC1. The van der Waals surface area contributed by atoms with Gasteiger partial charge in [0.15, 0.2) is 0 Å². The second-order valence-corrected chi connectivity index (χ2v) is 11.6. The van der Waals surface area contributed by atoms with Gasteiger partial charge in [0.1, 0.15) is 5.82 Å². The molecule has 2 aromatic rings. The summed E-state index contributed by atoms with van der Waals surface area (Å²) in [6.07, 6.45) is 4.32. The van der Waals surface area contributed by atoms with Gasteiger partial charge in [-0.3, -0.25) is 9.78 Å². The van der Waals surface area contributed by atoms with Crippen LogP contribution in [-0.4, -0.2) is 79.6 Å². The number of carbonyl (C=O) groups is 1. The van der Waals surface area contributed by atoms with E-state index in [1.165, 1.54) is 22.7 Å². The number of hydrogen-bond acceptors (Lipinski definition) is 5. The van der Waals surface area contributed by atoms with Crippen molar-refractivity contribution >= 4 is 32.5 Å². The molecule has 4 rings (SSSR count). The summed E-state index contributed by atoms with van der Waals surface area (Å²) in [6, 6.07) is 4.39. The summed E-state index contributed by atoms with van der Waals surface area (Å²) in [5.74, 6) is -0.384. The van der Waals surface area contributed by atoms with Gasteiger partial charge in [-0.15, -0.1) is 0 Å². The Bertz CT molecular complexity index is 1240. The normalized spacial score (nSPS) is 18.8. The molecule has 1 amide bonds. The number of halogens is 1. The number of aromatic nitrogens is 1. The average Bonchev–Trinajstić information content (AvgIpc) is 2.82. The summed E-state index contributed by atoms with van der Waals surface area (Å²) in [7, 11) is -3.31. The minimum absolute atomic E-state index is 0.231. The van der Waals surface area contributed by atoms with Gasteiger partial charge in [-0.1, -0.05) is 0 Å². The van der Waals surface area contributed by atoms with Crippen molar-refractivity contribution in [1.82, 2.24) is 14.2 Å². The summed E-state index contributed by atoms with van der Waals surface area (Å²) >= 11 is 0. The molecule has 34 heavy (non-hydrogen) atoms. The van der Waals surface area contributed by atoms with Crippen LogP contribution in [0.25, 0.3) is 15.7 Å². The molecular weight excluding hydrogens is 457 g/mol. The molecule has 3 heterocycles. The fourth-order valence-electron chi connectivity index (χ4n) is 4.94. The van der Waals surface area contributed by atoms with Crippen LogP contribution in [0.4, 0.5) is 10.1 Å². The van der Waals surface area contributed by atoms with Crippen molar-refractivity contribution in [2.24, 2.45) is 5.92 Å². The first-order chi connectivity index (χ1) is 16.0. The van der Waals surface area contributed by atoms with Gasteiger partial charge in [-0.05, 0) is 31.0 Å². The van der Waals surface area contributed by atoms with Crippen LogP contribution >= 0.6 is 0 Å². The first-order valence-corrected chi connectivity index (χ1v) is 13.3. The molecule has 0 radical (unpaired) electrons. The second-order valence-electron chi connectivity index (χ2n) is 9.66. The van der Waals surface area contributed by atoms with Gasteiger partial charge in [0.2, 0.25) is 15.6 Å². The molecule has 0 aliphatic carbocycles. The Labute approximate surface area is 200 Å². The molecular formula is C24H30FN5O3S. The van der Waals surface area contributed by atoms with E-state index < -0.39 is 21.4 Å². The number of piperidine rings is 1. The molecule has 1 aromatic heterocycles. The fourth-order valence-corrected chi connectivity index (χ4v) is 5.77. The number of anilines is 1. The zero-order valence-corrected chi connectivity index (χ0v) is 20.6. The van der Waals surface area contributed by atoms with Gasteiger partial charge in [-0.25, -0.2) is 19.4 Å². The smallest absolute Gasteiger partial charge is 0.257 e. The van der Waals surface area contributed by atoms with E-state index in [1.807, 2.05) is 13.8 Å². The number of sulfonamides is 1. The maximum Gasteiger partial charge on any atom is 0.257 e. The fraction of sp³-hybridized carbons (Fsp3) is 0.542. The van der Waals surface area contributed by atoms with Gasteiger partial charge < -0.3 is 14.6 Å². The van der Waals surface area contributed by atoms with Crippen LogP contribution in [0.15, 0.2) is 24.4 Å². The molecule has 0 N–H and O–H groups in total. The molecule has 2 fully saturated rings. The summed E-state index contributed by atoms with van der Waals surface area (Å²) in [5, 5.41) is 0.587. The van der Waals surface area contributed by atoms with Gasteiger partial charge in [-0.2, -0.15) is 4.31 Å². The topological polar surface area (TPSA) is 78.2 Å². The van der Waals surface area contributed by atoms with Crippen LogP contribution in [0.2, 0.25) is 0 Å². The number of hydrogen-bond donors (Lipinski definition) is 0. The van der Waals surface area contributed by atoms with Crippen LogP contribution in [0.3, 0.4) is 0 Å². The zero-order chi connectivity index (χ0) is 24.7. The summed E-state index contributed by atoms with van der Waals surface area (Å²) in [4.78, 5) is 25.6. The lowest BCUT2D eigenvalue weighted by molar-refractivity contribution is 0.0698. The highest BCUT2D eigenvalue weighted by molar-refractivity contribution is 7.88. The van der Waals surface area contributed by atoms with E-state index in [0.29, 0.717) is 35.2 Å². The predicted molar refractivity (Wildman–Crippen MR) is 130 cm³/mol. The van der Waals surface area contributed by atoms with Crippen LogP contribution in [0.1, 0.15) is 37.0 Å². The maximum atomic E-state index is 14.3. The molecule has 8 nitrogen and oxygen atoms in total. The Morgan fingerprint density at radius 2 is 1.79 bits per heavy atom. The molecule has 2 aliphatic rings. The summed E-state index contributed by atoms with van der Waals surface area (Å²) < 4.78 is 39.3. The highest BCUT2D eigenvalue weighted by atomic mass is 32.2. The van der Waals surface area contributed by atoms with Crippen LogP contribution in [0.5, 0.6) is 0 Å². The molecule has 2 aliphatic heterocycles. The lowest BCUT2D eigenvalue weighted by Crippen LogP contribution is -2.50. The van der Waals surface area contributed by atoms with Crippen LogP contribution < -0.4 is 4.90 Å². The second kappa shape index (κ2) is 9.12. The number of piperazine rings is 1. The molecule has 0 spiro atoms. The largest absolute Gasteiger partial charge is 0.370 e. The van der Waals surface area contributed by atoms with E-state index in [4.69, 9.17) is 6.57 Å². The molecule has 0 atom stereocenters. The highest BCUT2D eigenvalue weighted by Crippen LogP contribution is 2.37. The average molecular weight is 488 g/mol. The van der Waals surface area contributed by atoms with Crippen LogP contribution in [0, 0.1) is 18.3 Å². The number of fused-ring (bicyclic) bond motifs is 1. The molecule has 182 valence electrons. The third-order valence-electron chi connectivity index (χ3n) is 7.13. The van der Waals surface area contributed by atoms with Crippen molar-refractivity contribution in [2.75, 3.05) is 50.4 Å². The number of carbonyl (C=O) groups excluding carboxylic acids is 1. The third kappa shape index (κ3) is 4.72. The number of nitrogens with zero attached hydrogens (tertiary/aromatic N) is 5. The molecule has 1 aromatic carbocycles. The van der Waals surface area contributed by atoms with Gasteiger partial charge in [0, 0.05) is 70.6 Å². The Hall–Kier alpha value is -2.77. The van der Waals surface area contributed by atoms with E-state index in [1.54, 1.807) is 17.2 Å². The van der Waals surface area contributed by atoms with Gasteiger partial charge in [0.05, 0.1) is 23.0 Å². The van der Waals surface area contributed by atoms with E-state index in [2.05, 4.69) is 14.7 Å². The number of rotatable bonds is 4. The van der Waals surface area contributed by atoms with E-state index in [9.17, 15) is 17.6 Å². The number of benzene rings is 1. The van der Waals surface area contributed by atoms with Crippen LogP contribution in [-0.2, 0) is 10.0 Å². The molecule has 10 heteroatoms. The first-order valence-electron chi connectivity index (χ1n) is 11.5. The van der Waals surface area contributed by atoms with E-state index >= 15 is 0 Å². The molecule has 0 unspecified atom stereocenters. The molecule has 2 saturated heterocycles. The monoisotopic (exact) mass is 487 g/mol. The predicted octanol–water partition coefficient (Wildman–Crippen LogP) is 3.01. The zero-order valence-electron chi connectivity index (χ0n) is 19.8. The quantitative estimate of drug-likeness (QED) is 0.620. The lowest BCUT2D eigenvalue weighted by Gasteiger charge is -2.38. The minimum Gasteiger partial charge on any atom is -0.370 e. The number of pyridine rings is 1. The maximum absolute atomic E-state index is 14.3. The standard InChI is InChI=1S/C24H30FN5O3S/c1-24(2,26-3)17-7-9-28(10-8-17)22-19-15-18(25)5-6-21(19)27-16-20(22)23(31)29-11-13-30(14-12-29)34(4,32)33/h5-6,15-17H,7-14H2,1-2,4H3. The van der Waals surface area contributed by atoms with Crippen molar-refractivity contribution in [3.8, 4) is 0 Å². The van der Waals surface area contributed by atoms with E-state index in [-0.39, 0.29) is 38.0 Å². The van der Waals surface area contributed by atoms with Crippen molar-refractivity contribution in [2.45, 2.75) is 32.2 Å². The lowest BCUT2D eigenvalue weighted by atomic mass is 9.80. The Morgan fingerprint density at radius 3 is 2.38 bits per heavy atom. The summed E-state index contributed by atoms with van der Waals surface area (Å²) in [6.45, 7) is 13.8. The molecule has 0 saturated carbocycles. The van der Waals surface area contributed by atoms with Crippen molar-refractivity contribution in [1.29, 1.82) is 0 Å². The minimum atomic E-state index is -3.31.